The number of hydrogen-bond donors (Lipinski definition) is 1. The first-order valence-electron chi connectivity index (χ1n) is 6.40. The third kappa shape index (κ3) is 3.19. The predicted octanol–water partition coefficient (Wildman–Crippen LogP) is 5.31. The molecule has 22 heavy (non-hydrogen) atoms. The highest BCUT2D eigenvalue weighted by atomic mass is 35.5. The second-order valence-electron chi connectivity index (χ2n) is 4.44. The van der Waals surface area contributed by atoms with Crippen LogP contribution in [0.25, 0.3) is 11.5 Å². The van der Waals surface area contributed by atoms with E-state index in [9.17, 15) is 0 Å². The van der Waals surface area contributed by atoms with Crippen molar-refractivity contribution in [2.45, 2.75) is 6.54 Å². The summed E-state index contributed by atoms with van der Waals surface area (Å²) >= 11 is 18.2. The van der Waals surface area contributed by atoms with Crippen molar-refractivity contribution in [2.24, 2.45) is 0 Å². The van der Waals surface area contributed by atoms with Crippen LogP contribution in [0, 0.1) is 0 Å². The molecule has 0 aliphatic carbocycles. The van der Waals surface area contributed by atoms with Gasteiger partial charge in [0.05, 0.1) is 32.9 Å². The minimum Gasteiger partial charge on any atom is -0.419 e. The first kappa shape index (κ1) is 15.2. The van der Waals surface area contributed by atoms with Gasteiger partial charge in [-0.2, -0.15) is 0 Å². The Morgan fingerprint density at radius 1 is 0.909 bits per heavy atom. The Bertz CT molecular complexity index is 804. The summed E-state index contributed by atoms with van der Waals surface area (Å²) < 4.78 is 5.60. The van der Waals surface area contributed by atoms with Gasteiger partial charge in [-0.1, -0.05) is 53.0 Å². The van der Waals surface area contributed by atoms with Crippen molar-refractivity contribution in [1.29, 1.82) is 0 Å². The van der Waals surface area contributed by atoms with Gasteiger partial charge >= 0.3 is 0 Å². The average Bonchev–Trinajstić information content (AvgIpc) is 2.98. The maximum Gasteiger partial charge on any atom is 0.249 e. The van der Waals surface area contributed by atoms with E-state index in [0.717, 1.165) is 0 Å². The van der Waals surface area contributed by atoms with E-state index >= 15 is 0 Å². The van der Waals surface area contributed by atoms with E-state index in [0.29, 0.717) is 44.6 Å². The highest BCUT2D eigenvalue weighted by Gasteiger charge is 2.12. The number of aromatic nitrogens is 2. The molecular weight excluding hydrogens is 345 g/mol. The molecule has 0 aliphatic rings. The van der Waals surface area contributed by atoms with Crippen LogP contribution in [-0.4, -0.2) is 10.2 Å². The fourth-order valence-electron chi connectivity index (χ4n) is 1.88. The van der Waals surface area contributed by atoms with E-state index in [1.165, 1.54) is 0 Å². The van der Waals surface area contributed by atoms with Gasteiger partial charge in [0.25, 0.3) is 0 Å². The van der Waals surface area contributed by atoms with Crippen LogP contribution in [0.15, 0.2) is 46.9 Å². The Kier molecular flexibility index (Phi) is 4.52. The summed E-state index contributed by atoms with van der Waals surface area (Å²) in [6, 6.07) is 12.6. The third-order valence-electron chi connectivity index (χ3n) is 2.95. The lowest BCUT2D eigenvalue weighted by molar-refractivity contribution is 0.515. The SMILES string of the molecule is Clc1ccccc1-c1nnc(CNc2cccc(Cl)c2Cl)o1. The highest BCUT2D eigenvalue weighted by molar-refractivity contribution is 6.43. The normalized spacial score (nSPS) is 10.7. The van der Waals surface area contributed by atoms with Crippen molar-refractivity contribution in [2.75, 3.05) is 5.32 Å². The molecule has 0 radical (unpaired) electrons. The van der Waals surface area contributed by atoms with Crippen LogP contribution in [0.2, 0.25) is 15.1 Å². The van der Waals surface area contributed by atoms with Crippen LogP contribution in [0.5, 0.6) is 0 Å². The molecule has 0 atom stereocenters. The van der Waals surface area contributed by atoms with Crippen LogP contribution in [-0.2, 0) is 6.54 Å². The van der Waals surface area contributed by atoms with Gasteiger partial charge < -0.3 is 9.73 Å². The minimum absolute atomic E-state index is 0.331. The van der Waals surface area contributed by atoms with Crippen LogP contribution >= 0.6 is 34.8 Å². The molecule has 4 nitrogen and oxygen atoms in total. The van der Waals surface area contributed by atoms with Gasteiger partial charge in [-0.3, -0.25) is 0 Å². The lowest BCUT2D eigenvalue weighted by Crippen LogP contribution is -2.00. The van der Waals surface area contributed by atoms with Crippen molar-refractivity contribution >= 4 is 40.5 Å². The fourth-order valence-corrected chi connectivity index (χ4v) is 2.46. The standard InChI is InChI=1S/C15H10Cl3N3O/c16-10-5-2-1-4-9(10)15-21-20-13(22-15)8-19-12-7-3-6-11(17)14(12)18/h1-7,19H,8H2. The lowest BCUT2D eigenvalue weighted by Gasteiger charge is -2.06. The van der Waals surface area contributed by atoms with Crippen molar-refractivity contribution in [3.8, 4) is 11.5 Å². The molecule has 0 amide bonds. The summed E-state index contributed by atoms with van der Waals surface area (Å²) in [6.07, 6.45) is 0. The molecule has 0 saturated carbocycles. The number of nitrogens with one attached hydrogen (secondary N) is 1. The van der Waals surface area contributed by atoms with E-state index in [1.54, 1.807) is 18.2 Å². The number of hydrogen-bond acceptors (Lipinski definition) is 4. The van der Waals surface area contributed by atoms with Crippen LogP contribution < -0.4 is 5.32 Å². The van der Waals surface area contributed by atoms with Gasteiger partial charge in [-0.05, 0) is 24.3 Å². The van der Waals surface area contributed by atoms with Gasteiger partial charge in [0.2, 0.25) is 11.8 Å². The number of benzene rings is 2. The van der Waals surface area contributed by atoms with E-state index in [1.807, 2.05) is 24.3 Å². The van der Waals surface area contributed by atoms with Crippen LogP contribution in [0.1, 0.15) is 5.89 Å². The number of halogens is 3. The quantitative estimate of drug-likeness (QED) is 0.690. The van der Waals surface area contributed by atoms with Crippen molar-refractivity contribution in [3.05, 3.63) is 63.4 Å². The molecule has 0 aliphatic heterocycles. The van der Waals surface area contributed by atoms with E-state index in [2.05, 4.69) is 15.5 Å². The Hall–Kier alpha value is -1.75. The number of anilines is 1. The van der Waals surface area contributed by atoms with Crippen LogP contribution in [0.4, 0.5) is 5.69 Å². The fraction of sp³-hybridized carbons (Fsp3) is 0.0667. The monoisotopic (exact) mass is 353 g/mol. The summed E-state index contributed by atoms with van der Waals surface area (Å²) in [6.45, 7) is 0.331. The van der Waals surface area contributed by atoms with Crippen LogP contribution in [0.3, 0.4) is 0 Å². The summed E-state index contributed by atoms with van der Waals surface area (Å²) in [5.41, 5.74) is 1.40. The number of rotatable bonds is 4. The number of nitrogens with zero attached hydrogens (tertiary/aromatic N) is 2. The van der Waals surface area contributed by atoms with E-state index < -0.39 is 0 Å². The largest absolute Gasteiger partial charge is 0.419 e. The Labute approximate surface area is 142 Å². The minimum atomic E-state index is 0.331. The summed E-state index contributed by atoms with van der Waals surface area (Å²) in [4.78, 5) is 0. The summed E-state index contributed by atoms with van der Waals surface area (Å²) in [7, 11) is 0. The average molecular weight is 355 g/mol. The zero-order chi connectivity index (χ0) is 15.5. The molecule has 1 heterocycles. The molecule has 112 valence electrons. The first-order chi connectivity index (χ1) is 10.6. The van der Waals surface area contributed by atoms with Gasteiger partial charge in [-0.15, -0.1) is 10.2 Å². The summed E-state index contributed by atoms with van der Waals surface area (Å²) in [5.74, 6) is 0.797. The van der Waals surface area contributed by atoms with Crippen molar-refractivity contribution < 1.29 is 4.42 Å². The van der Waals surface area contributed by atoms with Gasteiger partial charge in [-0.25, -0.2) is 0 Å². The summed E-state index contributed by atoms with van der Waals surface area (Å²) in [5, 5.41) is 12.6. The molecule has 1 aromatic heterocycles. The molecule has 3 rings (SSSR count). The maximum atomic E-state index is 6.10. The van der Waals surface area contributed by atoms with Gasteiger partial charge in [0.1, 0.15) is 0 Å². The van der Waals surface area contributed by atoms with E-state index in [-0.39, 0.29) is 0 Å². The second-order valence-corrected chi connectivity index (χ2v) is 5.63. The molecule has 0 saturated heterocycles. The lowest BCUT2D eigenvalue weighted by atomic mass is 10.2. The highest BCUT2D eigenvalue weighted by Crippen LogP contribution is 2.30. The Balaban J connectivity index is 1.75. The molecule has 0 bridgehead atoms. The zero-order valence-electron chi connectivity index (χ0n) is 11.2. The first-order valence-corrected chi connectivity index (χ1v) is 7.53. The molecule has 0 unspecified atom stereocenters. The van der Waals surface area contributed by atoms with Gasteiger partial charge in [0.15, 0.2) is 0 Å². The molecule has 2 aromatic carbocycles. The van der Waals surface area contributed by atoms with Crippen molar-refractivity contribution in [1.82, 2.24) is 10.2 Å². The topological polar surface area (TPSA) is 51.0 Å². The molecule has 7 heteroatoms. The molecular formula is C15H10Cl3N3O. The van der Waals surface area contributed by atoms with E-state index in [4.69, 9.17) is 39.2 Å². The Morgan fingerprint density at radius 3 is 2.50 bits per heavy atom. The van der Waals surface area contributed by atoms with Gasteiger partial charge in [0, 0.05) is 0 Å². The predicted molar refractivity (Wildman–Crippen MR) is 88.5 cm³/mol. The molecule has 1 N–H and O–H groups in total. The molecule has 0 fully saturated rings. The smallest absolute Gasteiger partial charge is 0.249 e. The second kappa shape index (κ2) is 6.57. The van der Waals surface area contributed by atoms with Crippen molar-refractivity contribution in [3.63, 3.8) is 0 Å². The maximum absolute atomic E-state index is 6.10. The molecule has 0 spiro atoms. The molecule has 3 aromatic rings. The third-order valence-corrected chi connectivity index (χ3v) is 4.10. The Morgan fingerprint density at radius 2 is 1.68 bits per heavy atom. The zero-order valence-corrected chi connectivity index (χ0v) is 13.5.